The molecule has 1 atom stereocenters. The standard InChI is InChI=1S/C13H25N3O2S/c1-19-9-8-11(16-13(14)18)12(17)15-10-6-4-2-3-5-7-10/h10-11H,2-9H2,1H3,(H,15,17)(H3,14,16,18)/t11-/m0/s1. The minimum absolute atomic E-state index is 0.0975. The zero-order chi connectivity index (χ0) is 14.1. The Balaban J connectivity index is 2.46. The third-order valence-corrected chi connectivity index (χ3v) is 4.09. The summed E-state index contributed by atoms with van der Waals surface area (Å²) in [6.07, 6.45) is 9.51. The molecule has 1 aliphatic rings. The monoisotopic (exact) mass is 287 g/mol. The van der Waals surface area contributed by atoms with Crippen LogP contribution in [0.2, 0.25) is 0 Å². The number of primary amides is 1. The summed E-state index contributed by atoms with van der Waals surface area (Å²) in [5.74, 6) is 0.725. The first-order valence-electron chi connectivity index (χ1n) is 6.98. The summed E-state index contributed by atoms with van der Waals surface area (Å²) in [7, 11) is 0. The van der Waals surface area contributed by atoms with Crippen LogP contribution in [0.3, 0.4) is 0 Å². The summed E-state index contributed by atoms with van der Waals surface area (Å²) >= 11 is 1.65. The second-order valence-corrected chi connectivity index (χ2v) is 6.03. The Morgan fingerprint density at radius 3 is 2.42 bits per heavy atom. The molecule has 19 heavy (non-hydrogen) atoms. The maximum Gasteiger partial charge on any atom is 0.312 e. The van der Waals surface area contributed by atoms with Gasteiger partial charge in [-0.05, 0) is 31.3 Å². The number of urea groups is 1. The lowest BCUT2D eigenvalue weighted by Gasteiger charge is -2.21. The number of thioether (sulfide) groups is 1. The van der Waals surface area contributed by atoms with Gasteiger partial charge in [0.2, 0.25) is 5.91 Å². The molecule has 1 rings (SSSR count). The first-order valence-corrected chi connectivity index (χ1v) is 8.38. The fraction of sp³-hybridized carbons (Fsp3) is 0.846. The lowest BCUT2D eigenvalue weighted by Crippen LogP contribution is -2.51. The van der Waals surface area contributed by atoms with E-state index < -0.39 is 12.1 Å². The molecule has 3 amide bonds. The van der Waals surface area contributed by atoms with E-state index in [0.717, 1.165) is 18.6 Å². The van der Waals surface area contributed by atoms with Crippen LogP contribution in [0.4, 0.5) is 4.79 Å². The number of nitrogens with two attached hydrogens (primary N) is 1. The number of rotatable bonds is 6. The van der Waals surface area contributed by atoms with Crippen LogP contribution < -0.4 is 16.4 Å². The Kier molecular flexibility index (Phi) is 7.70. The zero-order valence-corrected chi connectivity index (χ0v) is 12.4. The summed E-state index contributed by atoms with van der Waals surface area (Å²) in [6.45, 7) is 0. The molecule has 1 fully saturated rings. The molecule has 0 aromatic carbocycles. The van der Waals surface area contributed by atoms with Crippen molar-refractivity contribution < 1.29 is 9.59 Å². The summed E-state index contributed by atoms with van der Waals surface area (Å²) in [4.78, 5) is 23.1. The van der Waals surface area contributed by atoms with Crippen molar-refractivity contribution in [3.8, 4) is 0 Å². The van der Waals surface area contributed by atoms with Gasteiger partial charge in [-0.1, -0.05) is 25.7 Å². The highest BCUT2D eigenvalue weighted by molar-refractivity contribution is 7.98. The Hall–Kier alpha value is -0.910. The summed E-state index contributed by atoms with van der Waals surface area (Å²) < 4.78 is 0. The third kappa shape index (κ3) is 6.71. The van der Waals surface area contributed by atoms with E-state index in [0.29, 0.717) is 6.42 Å². The molecule has 0 spiro atoms. The molecular weight excluding hydrogens is 262 g/mol. The third-order valence-electron chi connectivity index (χ3n) is 3.45. The topological polar surface area (TPSA) is 84.2 Å². The van der Waals surface area contributed by atoms with Crippen LogP contribution in [0, 0.1) is 0 Å². The van der Waals surface area contributed by atoms with Crippen molar-refractivity contribution in [1.29, 1.82) is 0 Å². The number of hydrogen-bond donors (Lipinski definition) is 3. The van der Waals surface area contributed by atoms with Crippen LogP contribution in [-0.4, -0.2) is 36.0 Å². The molecule has 0 aromatic heterocycles. The van der Waals surface area contributed by atoms with Gasteiger partial charge in [0.15, 0.2) is 0 Å². The Morgan fingerprint density at radius 2 is 1.89 bits per heavy atom. The molecule has 0 bridgehead atoms. The predicted molar refractivity (Wildman–Crippen MR) is 79.1 cm³/mol. The van der Waals surface area contributed by atoms with Gasteiger partial charge in [0, 0.05) is 6.04 Å². The molecule has 0 radical (unpaired) electrons. The number of carbonyl (C=O) groups is 2. The van der Waals surface area contributed by atoms with Gasteiger partial charge in [0.05, 0.1) is 0 Å². The quantitative estimate of drug-likeness (QED) is 0.649. The second-order valence-electron chi connectivity index (χ2n) is 5.04. The van der Waals surface area contributed by atoms with Crippen LogP contribution in [0.25, 0.3) is 0 Å². The van der Waals surface area contributed by atoms with Crippen LogP contribution in [0.5, 0.6) is 0 Å². The molecule has 6 heteroatoms. The summed E-state index contributed by atoms with van der Waals surface area (Å²) in [5, 5.41) is 5.59. The predicted octanol–water partition coefficient (Wildman–Crippen LogP) is 1.62. The number of amides is 3. The number of nitrogens with one attached hydrogen (secondary N) is 2. The van der Waals surface area contributed by atoms with Gasteiger partial charge in [-0.3, -0.25) is 4.79 Å². The lowest BCUT2D eigenvalue weighted by molar-refractivity contribution is -0.123. The molecule has 0 unspecified atom stereocenters. The van der Waals surface area contributed by atoms with E-state index in [1.165, 1.54) is 25.7 Å². The first-order chi connectivity index (χ1) is 9.13. The molecule has 1 saturated carbocycles. The van der Waals surface area contributed by atoms with Crippen molar-refractivity contribution in [2.75, 3.05) is 12.0 Å². The van der Waals surface area contributed by atoms with E-state index in [4.69, 9.17) is 5.73 Å². The van der Waals surface area contributed by atoms with Gasteiger partial charge in [0.1, 0.15) is 6.04 Å². The molecule has 0 aliphatic heterocycles. The van der Waals surface area contributed by atoms with Gasteiger partial charge in [-0.15, -0.1) is 0 Å². The molecule has 0 saturated heterocycles. The van der Waals surface area contributed by atoms with Gasteiger partial charge >= 0.3 is 6.03 Å². The SMILES string of the molecule is CSCC[C@H](NC(N)=O)C(=O)NC1CCCCCC1. The molecular formula is C13H25N3O2S. The van der Waals surface area contributed by atoms with E-state index in [2.05, 4.69) is 10.6 Å². The second kappa shape index (κ2) is 9.07. The van der Waals surface area contributed by atoms with Crippen LogP contribution in [0.15, 0.2) is 0 Å². The van der Waals surface area contributed by atoms with E-state index in [1.807, 2.05) is 6.26 Å². The normalized spacial score (nSPS) is 18.4. The Bertz CT molecular complexity index is 292. The molecule has 0 heterocycles. The van der Waals surface area contributed by atoms with Crippen LogP contribution in [-0.2, 0) is 4.79 Å². The van der Waals surface area contributed by atoms with Gasteiger partial charge in [-0.2, -0.15) is 11.8 Å². The fourth-order valence-corrected chi connectivity index (χ4v) is 2.87. The van der Waals surface area contributed by atoms with Gasteiger partial charge in [-0.25, -0.2) is 4.79 Å². The zero-order valence-electron chi connectivity index (χ0n) is 11.6. The lowest BCUT2D eigenvalue weighted by atomic mass is 10.1. The highest BCUT2D eigenvalue weighted by atomic mass is 32.2. The van der Waals surface area contributed by atoms with Crippen molar-refractivity contribution in [2.45, 2.75) is 57.0 Å². The highest BCUT2D eigenvalue weighted by Gasteiger charge is 2.22. The summed E-state index contributed by atoms with van der Waals surface area (Å²) in [6, 6.07) is -0.892. The fourth-order valence-electron chi connectivity index (χ4n) is 2.40. The Labute approximate surface area is 119 Å². The van der Waals surface area contributed by atoms with Crippen molar-refractivity contribution in [1.82, 2.24) is 10.6 Å². The smallest absolute Gasteiger partial charge is 0.312 e. The van der Waals surface area contributed by atoms with Crippen molar-refractivity contribution >= 4 is 23.7 Å². The molecule has 5 nitrogen and oxygen atoms in total. The molecule has 0 aromatic rings. The average molecular weight is 287 g/mol. The largest absolute Gasteiger partial charge is 0.352 e. The first kappa shape index (κ1) is 16.1. The molecule has 4 N–H and O–H groups in total. The maximum absolute atomic E-state index is 12.2. The minimum atomic E-state index is -0.637. The maximum atomic E-state index is 12.2. The average Bonchev–Trinajstić information content (AvgIpc) is 2.62. The van der Waals surface area contributed by atoms with E-state index in [-0.39, 0.29) is 11.9 Å². The van der Waals surface area contributed by atoms with Crippen molar-refractivity contribution in [3.63, 3.8) is 0 Å². The molecule has 1 aliphatic carbocycles. The number of carbonyl (C=O) groups excluding carboxylic acids is 2. The van der Waals surface area contributed by atoms with Crippen molar-refractivity contribution in [2.24, 2.45) is 5.73 Å². The van der Waals surface area contributed by atoms with E-state index in [1.54, 1.807) is 11.8 Å². The van der Waals surface area contributed by atoms with E-state index >= 15 is 0 Å². The van der Waals surface area contributed by atoms with Gasteiger partial charge < -0.3 is 16.4 Å². The summed E-state index contributed by atoms with van der Waals surface area (Å²) in [5.41, 5.74) is 5.12. The minimum Gasteiger partial charge on any atom is -0.352 e. The van der Waals surface area contributed by atoms with Crippen LogP contribution >= 0.6 is 11.8 Å². The van der Waals surface area contributed by atoms with Crippen molar-refractivity contribution in [3.05, 3.63) is 0 Å². The van der Waals surface area contributed by atoms with E-state index in [9.17, 15) is 9.59 Å². The van der Waals surface area contributed by atoms with Crippen LogP contribution in [0.1, 0.15) is 44.9 Å². The van der Waals surface area contributed by atoms with Gasteiger partial charge in [0.25, 0.3) is 0 Å². The highest BCUT2D eigenvalue weighted by Crippen LogP contribution is 2.17. The number of hydrogen-bond acceptors (Lipinski definition) is 3. The Morgan fingerprint density at radius 1 is 1.26 bits per heavy atom. The molecule has 110 valence electrons.